The van der Waals surface area contributed by atoms with Crippen molar-refractivity contribution >= 4 is 17.5 Å². The predicted octanol–water partition coefficient (Wildman–Crippen LogP) is 8.71. The summed E-state index contributed by atoms with van der Waals surface area (Å²) in [4.78, 5) is 0. The van der Waals surface area contributed by atoms with E-state index in [9.17, 15) is 0 Å². The fraction of sp³-hybridized carbons (Fsp3) is 0.171. The molecule has 44 heavy (non-hydrogen) atoms. The molecule has 0 fully saturated rings. The predicted molar refractivity (Wildman–Crippen MR) is 181 cm³/mol. The molecule has 0 amide bonds. The van der Waals surface area contributed by atoms with Gasteiger partial charge in [-0.1, -0.05) is 72.8 Å². The Morgan fingerprint density at radius 3 is 2.45 bits per heavy atom. The molecule has 1 N–H and O–H groups in total. The number of rotatable bonds is 4. The molecule has 3 heteroatoms. The summed E-state index contributed by atoms with van der Waals surface area (Å²) in [6, 6.07) is 34.2. The van der Waals surface area contributed by atoms with Crippen molar-refractivity contribution in [2.75, 3.05) is 12.4 Å². The van der Waals surface area contributed by atoms with Crippen LogP contribution in [-0.2, 0) is 6.42 Å². The maximum Gasteiger partial charge on any atom is 0.218 e. The Morgan fingerprint density at radius 1 is 0.795 bits per heavy atom. The van der Waals surface area contributed by atoms with Crippen LogP contribution in [0.4, 0.5) is 5.69 Å². The monoisotopic (exact) mass is 571 g/mol. The van der Waals surface area contributed by atoms with Crippen LogP contribution >= 0.6 is 0 Å². The van der Waals surface area contributed by atoms with E-state index in [1.807, 2.05) is 7.05 Å². The largest absolute Gasteiger partial charge is 0.388 e. The SMILES string of the molecule is C/C=C\C=C\c1cc2c(cc1NC)CC1=C(CC3C1c1ccccc1-c1ccc(C)c[n+]13)[n+]1cc(-c3ccccc3)ccc1-2. The van der Waals surface area contributed by atoms with E-state index in [1.54, 1.807) is 0 Å². The molecule has 0 saturated heterocycles. The highest BCUT2D eigenvalue weighted by Crippen LogP contribution is 2.53. The van der Waals surface area contributed by atoms with Crippen LogP contribution < -0.4 is 14.5 Å². The number of hydrogen-bond donors (Lipinski definition) is 1. The first kappa shape index (κ1) is 26.6. The normalized spacial score (nSPS) is 17.9. The molecule has 0 saturated carbocycles. The van der Waals surface area contributed by atoms with Crippen molar-refractivity contribution in [3.8, 4) is 33.6 Å². The molecular weight excluding hydrogens is 534 g/mol. The molecule has 3 nitrogen and oxygen atoms in total. The maximum absolute atomic E-state index is 3.50. The Balaban J connectivity index is 1.38. The lowest BCUT2D eigenvalue weighted by Crippen LogP contribution is -2.47. The molecule has 2 aromatic heterocycles. The number of aromatic nitrogens is 2. The fourth-order valence-corrected chi connectivity index (χ4v) is 7.73. The first-order valence-electron chi connectivity index (χ1n) is 15.7. The van der Waals surface area contributed by atoms with Crippen molar-refractivity contribution < 1.29 is 9.13 Å². The lowest BCUT2D eigenvalue weighted by atomic mass is 9.79. The molecule has 0 spiro atoms. The van der Waals surface area contributed by atoms with Crippen LogP contribution in [0.15, 0.2) is 127 Å². The molecule has 4 heterocycles. The molecule has 3 aromatic carbocycles. The van der Waals surface area contributed by atoms with Crippen LogP contribution in [0.25, 0.3) is 45.4 Å². The molecule has 5 aromatic rings. The van der Waals surface area contributed by atoms with Crippen molar-refractivity contribution in [3.63, 3.8) is 0 Å². The Bertz CT molecular complexity index is 2030. The Hall–Kier alpha value is -5.02. The second-order valence-corrected chi connectivity index (χ2v) is 12.3. The zero-order valence-electron chi connectivity index (χ0n) is 25.6. The van der Waals surface area contributed by atoms with E-state index in [0.29, 0.717) is 12.0 Å². The molecule has 2 unspecified atom stereocenters. The van der Waals surface area contributed by atoms with Gasteiger partial charge in [-0.3, -0.25) is 0 Å². The number of fused-ring (bicyclic) bond motifs is 11. The Labute approximate surface area is 260 Å². The van der Waals surface area contributed by atoms with Gasteiger partial charge in [-0.25, -0.2) is 0 Å². The molecule has 3 aliphatic rings. The van der Waals surface area contributed by atoms with Gasteiger partial charge in [0.2, 0.25) is 11.4 Å². The average molecular weight is 572 g/mol. The number of anilines is 1. The molecule has 0 bridgehead atoms. The van der Waals surface area contributed by atoms with Gasteiger partial charge in [0.15, 0.2) is 24.1 Å². The number of aryl methyl sites for hydroxylation is 1. The zero-order valence-corrected chi connectivity index (χ0v) is 25.6. The summed E-state index contributed by atoms with van der Waals surface area (Å²) in [6.45, 7) is 4.27. The topological polar surface area (TPSA) is 19.8 Å². The summed E-state index contributed by atoms with van der Waals surface area (Å²) in [5, 5.41) is 3.50. The van der Waals surface area contributed by atoms with Gasteiger partial charge in [-0.2, -0.15) is 9.13 Å². The number of nitrogens with zero attached hydrogens (tertiary/aromatic N) is 2. The van der Waals surface area contributed by atoms with Crippen molar-refractivity contribution in [1.29, 1.82) is 0 Å². The summed E-state index contributed by atoms with van der Waals surface area (Å²) >= 11 is 0. The minimum Gasteiger partial charge on any atom is -0.388 e. The fourth-order valence-electron chi connectivity index (χ4n) is 7.73. The third kappa shape index (κ3) is 4.18. The number of benzene rings is 3. The van der Waals surface area contributed by atoms with E-state index in [0.717, 1.165) is 18.5 Å². The summed E-state index contributed by atoms with van der Waals surface area (Å²) in [6.07, 6.45) is 15.2. The summed E-state index contributed by atoms with van der Waals surface area (Å²) in [7, 11) is 2.03. The molecule has 0 radical (unpaired) electrons. The van der Waals surface area contributed by atoms with E-state index in [4.69, 9.17) is 0 Å². The van der Waals surface area contributed by atoms with Crippen LogP contribution in [0.3, 0.4) is 0 Å². The molecule has 2 atom stereocenters. The minimum atomic E-state index is 0.319. The van der Waals surface area contributed by atoms with Crippen molar-refractivity contribution in [3.05, 3.63) is 149 Å². The second-order valence-electron chi connectivity index (χ2n) is 12.3. The van der Waals surface area contributed by atoms with Gasteiger partial charge < -0.3 is 5.32 Å². The molecule has 8 rings (SSSR count). The zero-order chi connectivity index (χ0) is 29.8. The lowest BCUT2D eigenvalue weighted by molar-refractivity contribution is -0.717. The molecule has 1 aliphatic carbocycles. The summed E-state index contributed by atoms with van der Waals surface area (Å²) < 4.78 is 5.12. The van der Waals surface area contributed by atoms with Crippen LogP contribution in [0, 0.1) is 6.92 Å². The summed E-state index contributed by atoms with van der Waals surface area (Å²) in [5.41, 5.74) is 17.2. The molecule has 2 aliphatic heterocycles. The van der Waals surface area contributed by atoms with E-state index in [2.05, 4.69) is 156 Å². The van der Waals surface area contributed by atoms with E-state index < -0.39 is 0 Å². The highest BCUT2D eigenvalue weighted by molar-refractivity contribution is 5.79. The lowest BCUT2D eigenvalue weighted by Gasteiger charge is -2.27. The number of pyridine rings is 2. The first-order valence-corrected chi connectivity index (χ1v) is 15.7. The van der Waals surface area contributed by atoms with Gasteiger partial charge in [-0.05, 0) is 66.4 Å². The van der Waals surface area contributed by atoms with Gasteiger partial charge in [0.25, 0.3) is 0 Å². The van der Waals surface area contributed by atoms with E-state index >= 15 is 0 Å². The van der Waals surface area contributed by atoms with Gasteiger partial charge in [0.1, 0.15) is 0 Å². The van der Waals surface area contributed by atoms with Crippen LogP contribution in [0.1, 0.15) is 47.6 Å². The molecule has 214 valence electrons. The molecular formula is C41H37N3+2. The first-order chi connectivity index (χ1) is 21.6. The van der Waals surface area contributed by atoms with Crippen LogP contribution in [0.2, 0.25) is 0 Å². The average Bonchev–Trinajstić information content (AvgIpc) is 3.39. The van der Waals surface area contributed by atoms with E-state index in [1.165, 1.54) is 67.2 Å². The van der Waals surface area contributed by atoms with Gasteiger partial charge in [0, 0.05) is 48.0 Å². The number of hydrogen-bond acceptors (Lipinski definition) is 1. The second kappa shape index (κ2) is 10.6. The quantitative estimate of drug-likeness (QED) is 0.169. The Morgan fingerprint density at radius 2 is 1.61 bits per heavy atom. The van der Waals surface area contributed by atoms with Gasteiger partial charge in [0.05, 0.1) is 23.5 Å². The number of nitrogens with one attached hydrogen (secondary N) is 1. The standard InChI is InChI=1S/C41H36N3/c1-4-5-7-14-29-21-34-31(23-36(29)42-3)22-35-39(44-26-30(18-20-38(34)44)28-12-8-6-9-13-28)24-40-41(35)33-16-11-10-15-32(33)37-19-17-27(2)25-43(37)40/h4-21,23,25-26,40-41H,22,24H2,1-3H3/q+1/p+1/b5-4-,14-7+. The minimum absolute atomic E-state index is 0.319. The van der Waals surface area contributed by atoms with Crippen LogP contribution in [0.5, 0.6) is 0 Å². The third-order valence-corrected chi connectivity index (χ3v) is 9.71. The van der Waals surface area contributed by atoms with Crippen molar-refractivity contribution in [2.45, 2.75) is 38.6 Å². The number of allylic oxidation sites excluding steroid dienone is 5. The maximum atomic E-state index is 3.50. The van der Waals surface area contributed by atoms with Gasteiger partial charge in [-0.15, -0.1) is 0 Å². The van der Waals surface area contributed by atoms with Crippen LogP contribution in [-0.4, -0.2) is 7.05 Å². The highest BCUT2D eigenvalue weighted by atomic mass is 15.1. The Kier molecular flexibility index (Phi) is 6.41. The third-order valence-electron chi connectivity index (χ3n) is 9.71. The van der Waals surface area contributed by atoms with E-state index in [-0.39, 0.29) is 0 Å². The van der Waals surface area contributed by atoms with Crippen molar-refractivity contribution in [1.82, 2.24) is 0 Å². The smallest absolute Gasteiger partial charge is 0.218 e. The van der Waals surface area contributed by atoms with Gasteiger partial charge >= 0.3 is 0 Å². The van der Waals surface area contributed by atoms with Crippen molar-refractivity contribution in [2.24, 2.45) is 0 Å². The summed E-state index contributed by atoms with van der Waals surface area (Å²) in [5.74, 6) is 0.319. The highest BCUT2D eigenvalue weighted by Gasteiger charge is 2.52.